The van der Waals surface area contributed by atoms with Crippen LogP contribution in [-0.4, -0.2) is 15.0 Å². The first-order valence-corrected chi connectivity index (χ1v) is 6.24. The Hall–Kier alpha value is -1.68. The van der Waals surface area contributed by atoms with Crippen molar-refractivity contribution in [2.45, 2.75) is 26.8 Å². The van der Waals surface area contributed by atoms with Gasteiger partial charge in [0.1, 0.15) is 5.82 Å². The number of rotatable bonds is 4. The predicted molar refractivity (Wildman–Crippen MR) is 72.7 cm³/mol. The monoisotopic (exact) mass is 262 g/mol. The van der Waals surface area contributed by atoms with Crippen molar-refractivity contribution in [2.75, 3.05) is 5.32 Å². The summed E-state index contributed by atoms with van der Waals surface area (Å²) >= 11 is 5.81. The fourth-order valence-electron chi connectivity index (χ4n) is 1.75. The van der Waals surface area contributed by atoms with Crippen molar-refractivity contribution in [3.63, 3.8) is 0 Å². The van der Waals surface area contributed by atoms with Gasteiger partial charge < -0.3 is 5.32 Å². The second-order valence-corrected chi connectivity index (χ2v) is 4.32. The van der Waals surface area contributed by atoms with Gasteiger partial charge in [-0.05, 0) is 36.6 Å². The molecule has 4 nitrogen and oxygen atoms in total. The van der Waals surface area contributed by atoms with Crippen LogP contribution in [0.4, 0.5) is 5.82 Å². The fraction of sp³-hybridized carbons (Fsp3) is 0.308. The van der Waals surface area contributed by atoms with E-state index >= 15 is 0 Å². The molecule has 0 aliphatic rings. The summed E-state index contributed by atoms with van der Waals surface area (Å²) < 4.78 is 0. The fourth-order valence-corrected chi connectivity index (χ4v) is 1.97. The molecular weight excluding hydrogens is 248 g/mol. The SMILES string of the molecule is CCc1cccnc1CNc1cc(C)nc(Cl)n1. The van der Waals surface area contributed by atoms with E-state index in [1.165, 1.54) is 5.56 Å². The molecule has 0 unspecified atom stereocenters. The second-order valence-electron chi connectivity index (χ2n) is 3.98. The van der Waals surface area contributed by atoms with E-state index in [-0.39, 0.29) is 5.28 Å². The highest BCUT2D eigenvalue weighted by Crippen LogP contribution is 2.12. The molecule has 94 valence electrons. The Morgan fingerprint density at radius 1 is 1.33 bits per heavy atom. The highest BCUT2D eigenvalue weighted by molar-refractivity contribution is 6.28. The number of nitrogens with zero attached hydrogens (tertiary/aromatic N) is 3. The lowest BCUT2D eigenvalue weighted by Crippen LogP contribution is -2.06. The van der Waals surface area contributed by atoms with Gasteiger partial charge in [0.25, 0.3) is 0 Å². The van der Waals surface area contributed by atoms with E-state index in [0.29, 0.717) is 6.54 Å². The van der Waals surface area contributed by atoms with Gasteiger partial charge in [0.05, 0.1) is 12.2 Å². The van der Waals surface area contributed by atoms with E-state index in [2.05, 4.69) is 33.3 Å². The summed E-state index contributed by atoms with van der Waals surface area (Å²) in [7, 11) is 0. The average molecular weight is 263 g/mol. The van der Waals surface area contributed by atoms with Gasteiger partial charge in [-0.1, -0.05) is 13.0 Å². The van der Waals surface area contributed by atoms with Crippen molar-refractivity contribution in [3.8, 4) is 0 Å². The minimum absolute atomic E-state index is 0.259. The summed E-state index contributed by atoms with van der Waals surface area (Å²) in [5.41, 5.74) is 3.11. The zero-order valence-corrected chi connectivity index (χ0v) is 11.2. The molecule has 0 spiro atoms. The maximum Gasteiger partial charge on any atom is 0.224 e. The van der Waals surface area contributed by atoms with Gasteiger partial charge in [0.2, 0.25) is 5.28 Å². The molecule has 2 aromatic heterocycles. The summed E-state index contributed by atoms with van der Waals surface area (Å²) in [6, 6.07) is 5.90. The molecular formula is C13H15ClN4. The Morgan fingerprint density at radius 2 is 2.17 bits per heavy atom. The minimum atomic E-state index is 0.259. The summed E-state index contributed by atoms with van der Waals surface area (Å²) in [6.45, 7) is 4.64. The number of pyridine rings is 1. The number of aromatic nitrogens is 3. The normalized spacial score (nSPS) is 10.4. The number of halogens is 1. The largest absolute Gasteiger partial charge is 0.364 e. The summed E-state index contributed by atoms with van der Waals surface area (Å²) in [5, 5.41) is 3.48. The summed E-state index contributed by atoms with van der Waals surface area (Å²) in [5.74, 6) is 0.722. The number of aryl methyl sites for hydroxylation is 2. The highest BCUT2D eigenvalue weighted by atomic mass is 35.5. The summed E-state index contributed by atoms with van der Waals surface area (Å²) in [4.78, 5) is 12.5. The third-order valence-electron chi connectivity index (χ3n) is 2.63. The lowest BCUT2D eigenvalue weighted by molar-refractivity contribution is 0.958. The van der Waals surface area contributed by atoms with Crippen LogP contribution in [0.2, 0.25) is 5.28 Å². The van der Waals surface area contributed by atoms with Crippen molar-refractivity contribution in [2.24, 2.45) is 0 Å². The van der Waals surface area contributed by atoms with E-state index in [1.807, 2.05) is 19.1 Å². The van der Waals surface area contributed by atoms with E-state index in [1.54, 1.807) is 6.20 Å². The molecule has 0 amide bonds. The first-order valence-electron chi connectivity index (χ1n) is 5.87. The lowest BCUT2D eigenvalue weighted by Gasteiger charge is -2.09. The van der Waals surface area contributed by atoms with Gasteiger partial charge in [0.15, 0.2) is 0 Å². The Kier molecular flexibility index (Phi) is 4.10. The van der Waals surface area contributed by atoms with E-state index < -0.39 is 0 Å². The molecule has 2 heterocycles. The Labute approximate surface area is 111 Å². The van der Waals surface area contributed by atoms with Crippen LogP contribution >= 0.6 is 11.6 Å². The zero-order valence-electron chi connectivity index (χ0n) is 10.4. The first-order chi connectivity index (χ1) is 8.69. The van der Waals surface area contributed by atoms with E-state index in [9.17, 15) is 0 Å². The molecule has 0 aromatic carbocycles. The number of hydrogen-bond acceptors (Lipinski definition) is 4. The van der Waals surface area contributed by atoms with Crippen molar-refractivity contribution >= 4 is 17.4 Å². The highest BCUT2D eigenvalue weighted by Gasteiger charge is 2.03. The van der Waals surface area contributed by atoms with Gasteiger partial charge in [-0.15, -0.1) is 0 Å². The van der Waals surface area contributed by atoms with E-state index in [4.69, 9.17) is 11.6 Å². The van der Waals surface area contributed by atoms with Crippen molar-refractivity contribution in [1.29, 1.82) is 0 Å². The molecule has 5 heteroatoms. The Balaban J connectivity index is 2.11. The maximum absolute atomic E-state index is 5.81. The van der Waals surface area contributed by atoms with Gasteiger partial charge in [0, 0.05) is 18.0 Å². The molecule has 0 aliphatic carbocycles. The summed E-state index contributed by atoms with van der Waals surface area (Å²) in [6.07, 6.45) is 2.77. The standard InChI is InChI=1S/C13H15ClN4/c1-3-10-5-4-6-15-11(10)8-16-12-7-9(2)17-13(14)18-12/h4-7H,3,8H2,1-2H3,(H,16,17,18). The van der Waals surface area contributed by atoms with Gasteiger partial charge in [-0.2, -0.15) is 0 Å². The van der Waals surface area contributed by atoms with Crippen LogP contribution in [0.25, 0.3) is 0 Å². The van der Waals surface area contributed by atoms with Gasteiger partial charge in [-0.25, -0.2) is 9.97 Å². The van der Waals surface area contributed by atoms with E-state index in [0.717, 1.165) is 23.6 Å². The molecule has 0 saturated carbocycles. The first kappa shape index (κ1) is 12.8. The molecule has 1 N–H and O–H groups in total. The van der Waals surface area contributed by atoms with Crippen LogP contribution in [0.15, 0.2) is 24.4 Å². The van der Waals surface area contributed by atoms with Crippen molar-refractivity contribution < 1.29 is 0 Å². The third-order valence-corrected chi connectivity index (χ3v) is 2.80. The average Bonchev–Trinajstić information content (AvgIpc) is 2.35. The molecule has 2 aromatic rings. The molecule has 0 radical (unpaired) electrons. The topological polar surface area (TPSA) is 50.7 Å². The van der Waals surface area contributed by atoms with Crippen LogP contribution in [0.5, 0.6) is 0 Å². The second kappa shape index (κ2) is 5.78. The van der Waals surface area contributed by atoms with Crippen LogP contribution in [0, 0.1) is 6.92 Å². The van der Waals surface area contributed by atoms with Crippen molar-refractivity contribution in [3.05, 3.63) is 46.6 Å². The molecule has 0 saturated heterocycles. The Bertz CT molecular complexity index is 522. The minimum Gasteiger partial charge on any atom is -0.364 e. The van der Waals surface area contributed by atoms with Crippen LogP contribution in [0.1, 0.15) is 23.9 Å². The van der Waals surface area contributed by atoms with Crippen LogP contribution < -0.4 is 5.32 Å². The number of hydrogen-bond donors (Lipinski definition) is 1. The predicted octanol–water partition coefficient (Wildman–Crippen LogP) is 3.01. The molecule has 0 atom stereocenters. The van der Waals surface area contributed by atoms with Crippen LogP contribution in [0.3, 0.4) is 0 Å². The Morgan fingerprint density at radius 3 is 2.89 bits per heavy atom. The van der Waals surface area contributed by atoms with Gasteiger partial charge >= 0.3 is 0 Å². The third kappa shape index (κ3) is 3.17. The molecule has 18 heavy (non-hydrogen) atoms. The van der Waals surface area contributed by atoms with Crippen molar-refractivity contribution in [1.82, 2.24) is 15.0 Å². The smallest absolute Gasteiger partial charge is 0.224 e. The van der Waals surface area contributed by atoms with Crippen LogP contribution in [-0.2, 0) is 13.0 Å². The quantitative estimate of drug-likeness (QED) is 0.861. The molecule has 0 fully saturated rings. The van der Waals surface area contributed by atoms with Gasteiger partial charge in [-0.3, -0.25) is 4.98 Å². The lowest BCUT2D eigenvalue weighted by atomic mass is 10.1. The molecule has 0 bridgehead atoms. The zero-order chi connectivity index (χ0) is 13.0. The molecule has 0 aliphatic heterocycles. The maximum atomic E-state index is 5.81. The number of anilines is 1. The number of nitrogens with one attached hydrogen (secondary N) is 1. The molecule has 2 rings (SSSR count).